The van der Waals surface area contributed by atoms with Gasteiger partial charge >= 0.3 is 0 Å². The predicted octanol–water partition coefficient (Wildman–Crippen LogP) is 1.89. The Morgan fingerprint density at radius 1 is 0.818 bits per heavy atom. The highest BCUT2D eigenvalue weighted by Crippen LogP contribution is 2.12. The van der Waals surface area contributed by atoms with E-state index in [2.05, 4.69) is 33.0 Å². The third-order valence-corrected chi connectivity index (χ3v) is 4.21. The molecule has 1 aliphatic heterocycles. The molecule has 0 saturated carbocycles. The van der Waals surface area contributed by atoms with Crippen LogP contribution < -0.4 is 0 Å². The Balaban J connectivity index is 1.47. The molecule has 22 heavy (non-hydrogen) atoms. The predicted molar refractivity (Wildman–Crippen MR) is 87.2 cm³/mol. The highest BCUT2D eigenvalue weighted by Gasteiger charge is 2.17. The molecular formula is C18H23N3O. The molecule has 2 heterocycles. The maximum absolute atomic E-state index is 9.08. The van der Waals surface area contributed by atoms with Crippen LogP contribution in [-0.4, -0.2) is 46.1 Å². The van der Waals surface area contributed by atoms with Crippen molar-refractivity contribution in [3.05, 3.63) is 65.5 Å². The lowest BCUT2D eigenvalue weighted by Gasteiger charge is -2.34. The molecule has 0 atom stereocenters. The van der Waals surface area contributed by atoms with E-state index in [0.29, 0.717) is 0 Å². The molecule has 1 aliphatic rings. The Morgan fingerprint density at radius 3 is 1.95 bits per heavy atom. The first-order valence-electron chi connectivity index (χ1n) is 7.86. The number of nitrogens with zero attached hydrogens (tertiary/aromatic N) is 3. The summed E-state index contributed by atoms with van der Waals surface area (Å²) < 4.78 is 0. The molecule has 4 nitrogen and oxygen atoms in total. The largest absolute Gasteiger partial charge is 0.392 e. The van der Waals surface area contributed by atoms with Crippen molar-refractivity contribution in [2.45, 2.75) is 19.7 Å². The maximum atomic E-state index is 9.08. The Kier molecular flexibility index (Phi) is 5.16. The second kappa shape index (κ2) is 7.49. The number of pyridine rings is 1. The maximum Gasteiger partial charge on any atom is 0.0681 e. The minimum Gasteiger partial charge on any atom is -0.392 e. The Labute approximate surface area is 132 Å². The SMILES string of the molecule is OCc1ccc(CN2CCN(Cc3cccnc3)CC2)cc1. The lowest BCUT2D eigenvalue weighted by molar-refractivity contribution is 0.122. The molecule has 2 aromatic rings. The Bertz CT molecular complexity index is 563. The molecule has 0 amide bonds. The van der Waals surface area contributed by atoms with Gasteiger partial charge in [-0.25, -0.2) is 0 Å². The zero-order valence-corrected chi connectivity index (χ0v) is 12.9. The molecule has 0 aliphatic carbocycles. The molecule has 1 fully saturated rings. The monoisotopic (exact) mass is 297 g/mol. The van der Waals surface area contributed by atoms with Gasteiger partial charge in [0.05, 0.1) is 6.61 Å². The minimum atomic E-state index is 0.118. The Hall–Kier alpha value is -1.75. The molecule has 1 aromatic heterocycles. The van der Waals surface area contributed by atoms with Crippen molar-refractivity contribution < 1.29 is 5.11 Å². The van der Waals surface area contributed by atoms with Crippen molar-refractivity contribution in [2.24, 2.45) is 0 Å². The van der Waals surface area contributed by atoms with Crippen LogP contribution >= 0.6 is 0 Å². The van der Waals surface area contributed by atoms with Crippen molar-refractivity contribution in [3.8, 4) is 0 Å². The standard InChI is InChI=1S/C18H23N3O/c22-15-17-5-3-16(4-6-17)13-20-8-10-21(11-9-20)14-18-2-1-7-19-12-18/h1-7,12,22H,8-11,13-15H2. The average molecular weight is 297 g/mol. The van der Waals surface area contributed by atoms with Crippen molar-refractivity contribution in [1.29, 1.82) is 0 Å². The van der Waals surface area contributed by atoms with E-state index in [1.165, 1.54) is 11.1 Å². The van der Waals surface area contributed by atoms with Gasteiger partial charge in [0.2, 0.25) is 0 Å². The van der Waals surface area contributed by atoms with Crippen molar-refractivity contribution >= 4 is 0 Å². The first-order valence-corrected chi connectivity index (χ1v) is 7.86. The first-order chi connectivity index (χ1) is 10.8. The van der Waals surface area contributed by atoms with Crippen LogP contribution in [0.15, 0.2) is 48.8 Å². The van der Waals surface area contributed by atoms with E-state index in [1.807, 2.05) is 30.6 Å². The number of aliphatic hydroxyl groups is 1. The fourth-order valence-electron chi connectivity index (χ4n) is 2.86. The van der Waals surface area contributed by atoms with Gasteiger partial charge in [-0.3, -0.25) is 14.8 Å². The van der Waals surface area contributed by atoms with Crippen LogP contribution in [0.25, 0.3) is 0 Å². The van der Waals surface area contributed by atoms with Crippen LogP contribution in [0.5, 0.6) is 0 Å². The molecule has 0 unspecified atom stereocenters. The zero-order valence-electron chi connectivity index (χ0n) is 12.9. The van der Waals surface area contributed by atoms with Crippen molar-refractivity contribution in [2.75, 3.05) is 26.2 Å². The normalized spacial score (nSPS) is 16.8. The van der Waals surface area contributed by atoms with E-state index in [1.54, 1.807) is 0 Å². The second-order valence-electron chi connectivity index (χ2n) is 5.89. The fourth-order valence-corrected chi connectivity index (χ4v) is 2.86. The fraction of sp³-hybridized carbons (Fsp3) is 0.389. The summed E-state index contributed by atoms with van der Waals surface area (Å²) in [5.41, 5.74) is 3.58. The third-order valence-electron chi connectivity index (χ3n) is 4.21. The van der Waals surface area contributed by atoms with Crippen molar-refractivity contribution in [1.82, 2.24) is 14.8 Å². The van der Waals surface area contributed by atoms with E-state index in [9.17, 15) is 0 Å². The molecule has 0 bridgehead atoms. The van der Waals surface area contributed by atoms with Crippen LogP contribution in [0.1, 0.15) is 16.7 Å². The van der Waals surface area contributed by atoms with E-state index in [4.69, 9.17) is 5.11 Å². The van der Waals surface area contributed by atoms with Crippen LogP contribution in [-0.2, 0) is 19.7 Å². The first kappa shape index (κ1) is 15.2. The molecule has 1 saturated heterocycles. The summed E-state index contributed by atoms with van der Waals surface area (Å²) in [6.07, 6.45) is 3.78. The number of hydrogen-bond acceptors (Lipinski definition) is 4. The summed E-state index contributed by atoms with van der Waals surface area (Å²) in [7, 11) is 0. The van der Waals surface area contributed by atoms with E-state index < -0.39 is 0 Å². The number of hydrogen-bond donors (Lipinski definition) is 1. The summed E-state index contributed by atoms with van der Waals surface area (Å²) in [5, 5.41) is 9.08. The summed E-state index contributed by atoms with van der Waals surface area (Å²) in [5.74, 6) is 0. The van der Waals surface area contributed by atoms with Gasteiger partial charge in [-0.05, 0) is 22.8 Å². The van der Waals surface area contributed by atoms with Gasteiger partial charge in [0.25, 0.3) is 0 Å². The quantitative estimate of drug-likeness (QED) is 0.915. The van der Waals surface area contributed by atoms with Gasteiger partial charge in [0, 0.05) is 51.7 Å². The molecule has 0 radical (unpaired) electrons. The molecular weight excluding hydrogens is 274 g/mol. The molecule has 1 N–H and O–H groups in total. The topological polar surface area (TPSA) is 39.6 Å². The zero-order chi connectivity index (χ0) is 15.2. The second-order valence-corrected chi connectivity index (χ2v) is 5.89. The molecule has 0 spiro atoms. The number of aliphatic hydroxyl groups excluding tert-OH is 1. The number of rotatable bonds is 5. The third kappa shape index (κ3) is 4.13. The molecule has 116 valence electrons. The van der Waals surface area contributed by atoms with Gasteiger partial charge in [-0.2, -0.15) is 0 Å². The summed E-state index contributed by atoms with van der Waals surface area (Å²) in [4.78, 5) is 9.16. The van der Waals surface area contributed by atoms with Gasteiger partial charge in [-0.15, -0.1) is 0 Å². The highest BCUT2D eigenvalue weighted by molar-refractivity contribution is 5.22. The van der Waals surface area contributed by atoms with E-state index in [-0.39, 0.29) is 6.61 Å². The van der Waals surface area contributed by atoms with Crippen LogP contribution in [0.2, 0.25) is 0 Å². The van der Waals surface area contributed by atoms with E-state index in [0.717, 1.165) is 44.8 Å². The lowest BCUT2D eigenvalue weighted by Crippen LogP contribution is -2.45. The molecule has 4 heteroatoms. The van der Waals surface area contributed by atoms with E-state index >= 15 is 0 Å². The van der Waals surface area contributed by atoms with Gasteiger partial charge in [0.15, 0.2) is 0 Å². The average Bonchev–Trinajstić information content (AvgIpc) is 2.58. The molecule has 1 aromatic carbocycles. The molecule has 3 rings (SSSR count). The van der Waals surface area contributed by atoms with Gasteiger partial charge in [0.1, 0.15) is 0 Å². The minimum absolute atomic E-state index is 0.118. The van der Waals surface area contributed by atoms with Crippen LogP contribution in [0, 0.1) is 0 Å². The summed E-state index contributed by atoms with van der Waals surface area (Å²) >= 11 is 0. The number of piperazine rings is 1. The summed E-state index contributed by atoms with van der Waals surface area (Å²) in [6, 6.07) is 12.4. The van der Waals surface area contributed by atoms with Gasteiger partial charge in [-0.1, -0.05) is 30.3 Å². The van der Waals surface area contributed by atoms with Crippen LogP contribution in [0.3, 0.4) is 0 Å². The number of aromatic nitrogens is 1. The van der Waals surface area contributed by atoms with Crippen LogP contribution in [0.4, 0.5) is 0 Å². The Morgan fingerprint density at radius 2 is 1.41 bits per heavy atom. The smallest absolute Gasteiger partial charge is 0.0681 e. The number of benzene rings is 1. The highest BCUT2D eigenvalue weighted by atomic mass is 16.3. The summed E-state index contributed by atoms with van der Waals surface area (Å²) in [6.45, 7) is 6.50. The van der Waals surface area contributed by atoms with Crippen molar-refractivity contribution in [3.63, 3.8) is 0 Å². The lowest BCUT2D eigenvalue weighted by atomic mass is 10.1. The van der Waals surface area contributed by atoms with Gasteiger partial charge < -0.3 is 5.11 Å².